The summed E-state index contributed by atoms with van der Waals surface area (Å²) in [6.45, 7) is 0.903. The second kappa shape index (κ2) is 9.80. The molecule has 0 saturated heterocycles. The highest BCUT2D eigenvalue weighted by Crippen LogP contribution is 2.27. The third-order valence-electron chi connectivity index (χ3n) is 4.97. The lowest BCUT2D eigenvalue weighted by Gasteiger charge is -2.12. The summed E-state index contributed by atoms with van der Waals surface area (Å²) in [6, 6.07) is 13.6. The van der Waals surface area contributed by atoms with Gasteiger partial charge in [-0.05, 0) is 30.7 Å². The van der Waals surface area contributed by atoms with Gasteiger partial charge in [0.05, 0.1) is 23.8 Å². The number of hydrogen-bond acceptors (Lipinski definition) is 7. The molecule has 0 atom stereocenters. The third-order valence-corrected chi connectivity index (χ3v) is 4.97. The van der Waals surface area contributed by atoms with Crippen molar-refractivity contribution in [1.29, 1.82) is 0 Å². The molecule has 3 aromatic heterocycles. The summed E-state index contributed by atoms with van der Waals surface area (Å²) in [7, 11) is 1.93. The van der Waals surface area contributed by atoms with E-state index in [4.69, 9.17) is 5.73 Å². The Balaban J connectivity index is 1.59. The van der Waals surface area contributed by atoms with E-state index in [0.717, 1.165) is 29.7 Å². The first-order valence-electron chi connectivity index (χ1n) is 10.2. The Morgan fingerprint density at radius 2 is 1.78 bits per heavy atom. The van der Waals surface area contributed by atoms with Crippen LogP contribution in [0.5, 0.6) is 0 Å². The zero-order valence-corrected chi connectivity index (χ0v) is 17.6. The maximum atomic E-state index is 13.0. The van der Waals surface area contributed by atoms with E-state index in [2.05, 4.69) is 30.5 Å². The Kier molecular flexibility index (Phi) is 6.47. The molecule has 0 radical (unpaired) electrons. The van der Waals surface area contributed by atoms with Crippen LogP contribution in [0, 0.1) is 0 Å². The molecule has 0 saturated carbocycles. The number of benzene rings is 1. The molecule has 3 heterocycles. The van der Waals surface area contributed by atoms with Crippen LogP contribution in [0.1, 0.15) is 16.1 Å². The van der Waals surface area contributed by atoms with Crippen molar-refractivity contribution in [2.75, 3.05) is 17.6 Å². The van der Waals surface area contributed by atoms with E-state index in [0.29, 0.717) is 11.4 Å². The fourth-order valence-corrected chi connectivity index (χ4v) is 3.27. The highest BCUT2D eigenvalue weighted by atomic mass is 16.1. The SMILES string of the molecule is BNCCc1ccc(-c2cnc(N)c(C(=O)Nc3cnccc3-c3cccnc3)n2)cc1. The van der Waals surface area contributed by atoms with Crippen LogP contribution in [0.2, 0.25) is 0 Å². The summed E-state index contributed by atoms with van der Waals surface area (Å²) >= 11 is 0. The zero-order valence-electron chi connectivity index (χ0n) is 17.6. The molecule has 4 N–H and O–H groups in total. The van der Waals surface area contributed by atoms with Gasteiger partial charge in [-0.2, -0.15) is 0 Å². The van der Waals surface area contributed by atoms with Crippen molar-refractivity contribution >= 4 is 25.4 Å². The van der Waals surface area contributed by atoms with Crippen molar-refractivity contribution in [2.45, 2.75) is 6.42 Å². The van der Waals surface area contributed by atoms with Crippen LogP contribution in [-0.4, -0.2) is 40.4 Å². The predicted octanol–water partition coefficient (Wildman–Crippen LogP) is 2.12. The molecule has 0 aliphatic rings. The molecule has 0 aliphatic heterocycles. The summed E-state index contributed by atoms with van der Waals surface area (Å²) in [5.41, 5.74) is 10.9. The van der Waals surface area contributed by atoms with Crippen molar-refractivity contribution in [1.82, 2.24) is 25.2 Å². The third kappa shape index (κ3) is 4.79. The van der Waals surface area contributed by atoms with Gasteiger partial charge in [-0.3, -0.25) is 14.8 Å². The summed E-state index contributed by atoms with van der Waals surface area (Å²) in [5, 5.41) is 5.99. The van der Waals surface area contributed by atoms with Gasteiger partial charge < -0.3 is 16.3 Å². The molecule has 0 fully saturated rings. The number of carbonyl (C=O) groups excluding carboxylic acids is 1. The van der Waals surface area contributed by atoms with Gasteiger partial charge in [-0.1, -0.05) is 30.3 Å². The molecule has 0 bridgehead atoms. The Labute approximate surface area is 186 Å². The van der Waals surface area contributed by atoms with E-state index >= 15 is 0 Å². The molecule has 0 aliphatic carbocycles. The number of rotatable bonds is 7. The van der Waals surface area contributed by atoms with E-state index < -0.39 is 5.91 Å². The average molecular weight is 423 g/mol. The van der Waals surface area contributed by atoms with Crippen molar-refractivity contribution in [2.24, 2.45) is 0 Å². The second-order valence-electron chi connectivity index (χ2n) is 7.16. The summed E-state index contributed by atoms with van der Waals surface area (Å²) in [4.78, 5) is 30.0. The minimum Gasteiger partial charge on any atom is -0.382 e. The quantitative estimate of drug-likeness (QED) is 0.390. The maximum Gasteiger partial charge on any atom is 0.278 e. The first-order valence-corrected chi connectivity index (χ1v) is 10.2. The molecule has 1 amide bonds. The molecular weight excluding hydrogens is 401 g/mol. The van der Waals surface area contributed by atoms with Gasteiger partial charge >= 0.3 is 0 Å². The van der Waals surface area contributed by atoms with Crippen LogP contribution >= 0.6 is 0 Å². The topological polar surface area (TPSA) is 119 Å². The van der Waals surface area contributed by atoms with Gasteiger partial charge in [-0.15, -0.1) is 0 Å². The van der Waals surface area contributed by atoms with E-state index in [1.807, 2.05) is 50.4 Å². The number of carbonyl (C=O) groups is 1. The van der Waals surface area contributed by atoms with E-state index in [1.165, 1.54) is 5.56 Å². The Hall–Kier alpha value is -4.11. The van der Waals surface area contributed by atoms with Gasteiger partial charge in [0.2, 0.25) is 0 Å². The smallest absolute Gasteiger partial charge is 0.278 e. The van der Waals surface area contributed by atoms with E-state index in [-0.39, 0.29) is 11.5 Å². The minimum atomic E-state index is -0.458. The lowest BCUT2D eigenvalue weighted by atomic mass is 10.1. The fourth-order valence-electron chi connectivity index (χ4n) is 3.27. The number of nitrogen functional groups attached to an aromatic ring is 1. The lowest BCUT2D eigenvalue weighted by Crippen LogP contribution is -2.18. The molecule has 32 heavy (non-hydrogen) atoms. The normalized spacial score (nSPS) is 10.6. The molecule has 8 nitrogen and oxygen atoms in total. The number of nitrogens with zero attached hydrogens (tertiary/aromatic N) is 4. The monoisotopic (exact) mass is 423 g/mol. The number of nitrogens with two attached hydrogens (primary N) is 1. The minimum absolute atomic E-state index is 0.0581. The van der Waals surface area contributed by atoms with Gasteiger partial charge in [0.25, 0.3) is 5.91 Å². The average Bonchev–Trinajstić information content (AvgIpc) is 2.84. The zero-order chi connectivity index (χ0) is 22.3. The van der Waals surface area contributed by atoms with Crippen LogP contribution in [0.25, 0.3) is 22.4 Å². The number of amides is 1. The molecule has 0 spiro atoms. The summed E-state index contributed by atoms with van der Waals surface area (Å²) in [5.74, 6) is -0.399. The number of nitrogens with one attached hydrogen (secondary N) is 2. The van der Waals surface area contributed by atoms with Crippen LogP contribution in [0.15, 0.2) is 73.4 Å². The molecular formula is C23H22BN7O. The Morgan fingerprint density at radius 1 is 0.969 bits per heavy atom. The number of pyridine rings is 2. The highest BCUT2D eigenvalue weighted by Gasteiger charge is 2.17. The van der Waals surface area contributed by atoms with Crippen molar-refractivity contribution in [3.63, 3.8) is 0 Å². The standard InChI is InChI=1S/C23H22BN7O/c24-29-11-7-15-3-5-16(6-4-15)19-14-28-22(25)21(30-19)23(32)31-20-13-27-10-8-18(20)17-2-1-9-26-12-17/h1-6,8-10,12-14,29H,7,11,24H2,(H2,25,28)(H,31,32). The summed E-state index contributed by atoms with van der Waals surface area (Å²) < 4.78 is 0. The van der Waals surface area contributed by atoms with Crippen LogP contribution < -0.4 is 16.3 Å². The van der Waals surface area contributed by atoms with Crippen molar-refractivity contribution in [3.8, 4) is 22.4 Å². The summed E-state index contributed by atoms with van der Waals surface area (Å²) in [6.07, 6.45) is 9.16. The first kappa shape index (κ1) is 21.1. The first-order chi connectivity index (χ1) is 15.7. The highest BCUT2D eigenvalue weighted by molar-refractivity contribution is 6.07. The van der Waals surface area contributed by atoms with Crippen molar-refractivity contribution < 1.29 is 4.79 Å². The molecule has 4 aromatic rings. The predicted molar refractivity (Wildman–Crippen MR) is 128 cm³/mol. The Bertz CT molecular complexity index is 1220. The number of anilines is 2. The fraction of sp³-hybridized carbons (Fsp3) is 0.0870. The molecule has 1 aromatic carbocycles. The molecule has 158 valence electrons. The van der Waals surface area contributed by atoms with Crippen molar-refractivity contribution in [3.05, 3.63) is 84.7 Å². The molecule has 4 rings (SSSR count). The van der Waals surface area contributed by atoms with Gasteiger partial charge in [0.15, 0.2) is 19.5 Å². The number of aromatic nitrogens is 4. The molecule has 0 unspecified atom stereocenters. The number of hydrogen-bond donors (Lipinski definition) is 3. The van der Waals surface area contributed by atoms with Gasteiger partial charge in [0.1, 0.15) is 0 Å². The lowest BCUT2D eigenvalue weighted by molar-refractivity contribution is 0.102. The maximum absolute atomic E-state index is 13.0. The van der Waals surface area contributed by atoms with E-state index in [1.54, 1.807) is 31.0 Å². The van der Waals surface area contributed by atoms with Gasteiger partial charge in [-0.25, -0.2) is 9.97 Å². The molecule has 9 heteroatoms. The van der Waals surface area contributed by atoms with Gasteiger partial charge in [0, 0.05) is 35.3 Å². The largest absolute Gasteiger partial charge is 0.382 e. The van der Waals surface area contributed by atoms with Crippen LogP contribution in [0.4, 0.5) is 11.5 Å². The van der Waals surface area contributed by atoms with Crippen LogP contribution in [0.3, 0.4) is 0 Å². The van der Waals surface area contributed by atoms with E-state index in [9.17, 15) is 4.79 Å². The second-order valence-corrected chi connectivity index (χ2v) is 7.16. The van der Waals surface area contributed by atoms with Crippen LogP contribution in [-0.2, 0) is 6.42 Å². The Morgan fingerprint density at radius 3 is 2.53 bits per heavy atom.